The van der Waals surface area contributed by atoms with Gasteiger partial charge >= 0.3 is 0 Å². The number of imidazole rings is 1. The number of amides is 1. The van der Waals surface area contributed by atoms with Crippen molar-refractivity contribution in [3.63, 3.8) is 0 Å². The molecular formula is C21H24N4O2. The number of nitrogens with zero attached hydrogens (tertiary/aromatic N) is 3. The summed E-state index contributed by atoms with van der Waals surface area (Å²) in [5, 5.41) is 3.08. The molecule has 1 amide bonds. The Labute approximate surface area is 158 Å². The van der Waals surface area contributed by atoms with E-state index >= 15 is 0 Å². The van der Waals surface area contributed by atoms with Gasteiger partial charge in [0.25, 0.3) is 5.91 Å². The summed E-state index contributed by atoms with van der Waals surface area (Å²) >= 11 is 0. The van der Waals surface area contributed by atoms with Gasteiger partial charge in [-0.2, -0.15) is 0 Å². The fraction of sp³-hybridized carbons (Fsp3) is 0.381. The molecule has 2 atom stereocenters. The summed E-state index contributed by atoms with van der Waals surface area (Å²) in [5.74, 6) is -0.114. The van der Waals surface area contributed by atoms with Gasteiger partial charge in [-0.05, 0) is 37.3 Å². The minimum Gasteiger partial charge on any atom is -0.379 e. The summed E-state index contributed by atoms with van der Waals surface area (Å²) in [6, 6.07) is 12.2. The van der Waals surface area contributed by atoms with Crippen molar-refractivity contribution >= 4 is 17.1 Å². The number of pyridine rings is 1. The number of aryl methyl sites for hydroxylation is 2. The molecule has 4 rings (SSSR count). The predicted octanol–water partition coefficient (Wildman–Crippen LogP) is 2.97. The van der Waals surface area contributed by atoms with Crippen LogP contribution >= 0.6 is 0 Å². The number of benzene rings is 1. The second kappa shape index (κ2) is 7.88. The van der Waals surface area contributed by atoms with Gasteiger partial charge < -0.3 is 14.6 Å². The molecule has 2 aromatic heterocycles. The average Bonchev–Trinajstić information content (AvgIpc) is 3.33. The van der Waals surface area contributed by atoms with Crippen molar-refractivity contribution in [2.75, 3.05) is 7.11 Å². The molecule has 1 aliphatic carbocycles. The lowest BCUT2D eigenvalue weighted by atomic mass is 10.1. The number of carbonyl (C=O) groups excluding carboxylic acids is 1. The van der Waals surface area contributed by atoms with Crippen LogP contribution in [0.25, 0.3) is 11.2 Å². The summed E-state index contributed by atoms with van der Waals surface area (Å²) in [6.45, 7) is 0.802. The molecule has 1 saturated carbocycles. The molecular weight excluding hydrogens is 340 g/mol. The maximum Gasteiger partial charge on any atom is 0.253 e. The summed E-state index contributed by atoms with van der Waals surface area (Å²) in [6.07, 6.45) is 7.46. The number of hydrogen-bond acceptors (Lipinski definition) is 4. The number of methoxy groups -OCH3 is 1. The summed E-state index contributed by atoms with van der Waals surface area (Å²) < 4.78 is 7.48. The van der Waals surface area contributed by atoms with Crippen LogP contribution in [0, 0.1) is 0 Å². The van der Waals surface area contributed by atoms with E-state index in [2.05, 4.69) is 27.4 Å². The molecule has 0 aliphatic heterocycles. The molecule has 2 heterocycles. The van der Waals surface area contributed by atoms with Gasteiger partial charge in [0.1, 0.15) is 5.52 Å². The molecule has 0 spiro atoms. The highest BCUT2D eigenvalue weighted by Crippen LogP contribution is 2.22. The maximum atomic E-state index is 12.6. The molecule has 1 N–H and O–H groups in total. The van der Waals surface area contributed by atoms with Crippen LogP contribution in [0.4, 0.5) is 0 Å². The maximum absolute atomic E-state index is 12.6. The zero-order chi connectivity index (χ0) is 18.6. The van der Waals surface area contributed by atoms with E-state index in [-0.39, 0.29) is 18.1 Å². The molecule has 0 unspecified atom stereocenters. The van der Waals surface area contributed by atoms with E-state index in [1.165, 1.54) is 5.56 Å². The summed E-state index contributed by atoms with van der Waals surface area (Å²) in [7, 11) is 1.70. The predicted molar refractivity (Wildman–Crippen MR) is 104 cm³/mol. The first-order valence-electron chi connectivity index (χ1n) is 9.43. The van der Waals surface area contributed by atoms with Crippen molar-refractivity contribution in [1.82, 2.24) is 19.9 Å². The summed E-state index contributed by atoms with van der Waals surface area (Å²) in [5.41, 5.74) is 3.36. The molecule has 1 aromatic carbocycles. The molecule has 3 aromatic rings. The Morgan fingerprint density at radius 2 is 2.11 bits per heavy atom. The number of nitrogens with one attached hydrogen (secondary N) is 1. The van der Waals surface area contributed by atoms with E-state index in [0.717, 1.165) is 43.4 Å². The smallest absolute Gasteiger partial charge is 0.253 e. The Morgan fingerprint density at radius 3 is 2.93 bits per heavy atom. The largest absolute Gasteiger partial charge is 0.379 e. The Kier molecular flexibility index (Phi) is 5.16. The highest BCUT2D eigenvalue weighted by atomic mass is 16.5. The highest BCUT2D eigenvalue weighted by molar-refractivity contribution is 5.96. The van der Waals surface area contributed by atoms with Gasteiger partial charge in [-0.15, -0.1) is 0 Å². The third-order valence-corrected chi connectivity index (χ3v) is 5.27. The fourth-order valence-electron chi connectivity index (χ4n) is 3.76. The molecule has 140 valence electrons. The molecule has 6 heteroatoms. The van der Waals surface area contributed by atoms with Crippen molar-refractivity contribution in [2.45, 2.75) is 44.4 Å². The topological polar surface area (TPSA) is 69.0 Å². The Bertz CT molecular complexity index is 922. The second-order valence-electron chi connectivity index (χ2n) is 7.03. The molecule has 0 radical (unpaired) electrons. The quantitative estimate of drug-likeness (QED) is 0.730. The van der Waals surface area contributed by atoms with Crippen molar-refractivity contribution in [3.8, 4) is 0 Å². The highest BCUT2D eigenvalue weighted by Gasteiger charge is 2.28. The van der Waals surface area contributed by atoms with Crippen molar-refractivity contribution in [1.29, 1.82) is 0 Å². The Hall–Kier alpha value is -2.73. The van der Waals surface area contributed by atoms with Crippen LogP contribution in [0.2, 0.25) is 0 Å². The lowest BCUT2D eigenvalue weighted by Gasteiger charge is -2.19. The van der Waals surface area contributed by atoms with Crippen LogP contribution in [-0.4, -0.2) is 39.7 Å². The molecule has 6 nitrogen and oxygen atoms in total. The number of fused-ring (bicyclic) bond motifs is 1. The van der Waals surface area contributed by atoms with Gasteiger partial charge in [0.15, 0.2) is 5.65 Å². The molecule has 0 saturated heterocycles. The SMILES string of the molecule is CO[C@@H]1CCC[C@H]1NC(=O)c1cnc2c(c1)ncn2CCc1ccccc1. The first-order chi connectivity index (χ1) is 13.2. The number of aromatic nitrogens is 3. The number of rotatable bonds is 6. The normalized spacial score (nSPS) is 19.4. The monoisotopic (exact) mass is 364 g/mol. The number of hydrogen-bond donors (Lipinski definition) is 1. The van der Waals surface area contributed by atoms with Crippen LogP contribution in [-0.2, 0) is 17.7 Å². The van der Waals surface area contributed by atoms with Crippen molar-refractivity contribution < 1.29 is 9.53 Å². The van der Waals surface area contributed by atoms with Gasteiger partial charge in [0.05, 0.1) is 24.0 Å². The molecule has 1 aliphatic rings. The van der Waals surface area contributed by atoms with E-state index in [1.54, 1.807) is 19.6 Å². The van der Waals surface area contributed by atoms with Crippen molar-refractivity contribution in [3.05, 3.63) is 60.0 Å². The minimum absolute atomic E-state index is 0.0710. The number of carbonyl (C=O) groups is 1. The van der Waals surface area contributed by atoms with Crippen LogP contribution in [0.3, 0.4) is 0 Å². The van der Waals surface area contributed by atoms with E-state index in [9.17, 15) is 4.79 Å². The third-order valence-electron chi connectivity index (χ3n) is 5.27. The number of ether oxygens (including phenoxy) is 1. The van der Waals surface area contributed by atoms with E-state index in [4.69, 9.17) is 4.74 Å². The standard InChI is InChI=1S/C21H24N4O2/c1-27-19-9-5-8-17(19)24-21(26)16-12-18-20(22-13-16)25(14-23-18)11-10-15-6-3-2-4-7-15/h2-4,6-7,12-14,17,19H,5,8-11H2,1H3,(H,24,26)/t17-,19-/m1/s1. The van der Waals surface area contributed by atoms with Crippen LogP contribution in [0.1, 0.15) is 35.2 Å². The first kappa shape index (κ1) is 17.7. The van der Waals surface area contributed by atoms with Gasteiger partial charge in [0, 0.05) is 19.9 Å². The van der Waals surface area contributed by atoms with E-state index < -0.39 is 0 Å². The molecule has 27 heavy (non-hydrogen) atoms. The lowest BCUT2D eigenvalue weighted by Crippen LogP contribution is -2.40. The van der Waals surface area contributed by atoms with Gasteiger partial charge in [-0.1, -0.05) is 30.3 Å². The fourth-order valence-corrected chi connectivity index (χ4v) is 3.76. The Morgan fingerprint density at radius 1 is 1.26 bits per heavy atom. The summed E-state index contributed by atoms with van der Waals surface area (Å²) in [4.78, 5) is 21.5. The first-order valence-corrected chi connectivity index (χ1v) is 9.43. The lowest BCUT2D eigenvalue weighted by molar-refractivity contribution is 0.0722. The van der Waals surface area contributed by atoms with E-state index in [0.29, 0.717) is 5.56 Å². The van der Waals surface area contributed by atoms with Crippen LogP contribution < -0.4 is 5.32 Å². The van der Waals surface area contributed by atoms with Gasteiger partial charge in [-0.3, -0.25) is 4.79 Å². The second-order valence-corrected chi connectivity index (χ2v) is 7.03. The van der Waals surface area contributed by atoms with Crippen molar-refractivity contribution in [2.24, 2.45) is 0 Å². The van der Waals surface area contributed by atoms with Crippen LogP contribution in [0.15, 0.2) is 48.9 Å². The molecule has 0 bridgehead atoms. The van der Waals surface area contributed by atoms with Crippen LogP contribution in [0.5, 0.6) is 0 Å². The minimum atomic E-state index is -0.114. The van der Waals surface area contributed by atoms with Gasteiger partial charge in [-0.25, -0.2) is 9.97 Å². The average molecular weight is 364 g/mol. The molecule has 1 fully saturated rings. The Balaban J connectivity index is 1.46. The van der Waals surface area contributed by atoms with E-state index in [1.807, 2.05) is 28.8 Å². The zero-order valence-electron chi connectivity index (χ0n) is 15.5. The third kappa shape index (κ3) is 3.85. The van der Waals surface area contributed by atoms with Gasteiger partial charge in [0.2, 0.25) is 0 Å². The zero-order valence-corrected chi connectivity index (χ0v) is 15.5.